The average Bonchev–Trinajstić information content (AvgIpc) is 2.72. The maximum absolute atomic E-state index is 12.4. The first kappa shape index (κ1) is 16.3. The highest BCUT2D eigenvalue weighted by atomic mass is 35.5. The molecule has 1 aromatic carbocycles. The Balaban J connectivity index is 2.17. The van der Waals surface area contributed by atoms with Crippen LogP contribution in [0.5, 0.6) is 0 Å². The van der Waals surface area contributed by atoms with Gasteiger partial charge in [-0.1, -0.05) is 41.9 Å². The van der Waals surface area contributed by atoms with E-state index in [1.807, 2.05) is 30.3 Å². The van der Waals surface area contributed by atoms with Crippen molar-refractivity contribution in [3.05, 3.63) is 52.3 Å². The lowest BCUT2D eigenvalue weighted by Crippen LogP contribution is -2.48. The predicted molar refractivity (Wildman–Crippen MR) is 89.2 cm³/mol. The van der Waals surface area contributed by atoms with Crippen LogP contribution in [0.3, 0.4) is 0 Å². The van der Waals surface area contributed by atoms with Crippen molar-refractivity contribution in [3.63, 3.8) is 0 Å². The predicted octanol–water partition coefficient (Wildman–Crippen LogP) is 1.77. The number of nitrogens with two attached hydrogens (primary N) is 1. The number of hydrazine groups is 1. The van der Waals surface area contributed by atoms with Crippen molar-refractivity contribution < 1.29 is 4.79 Å². The summed E-state index contributed by atoms with van der Waals surface area (Å²) in [7, 11) is 1.65. The maximum atomic E-state index is 12.4. The minimum Gasteiger partial charge on any atom is -0.375 e. The second-order valence-electron chi connectivity index (χ2n) is 4.72. The Labute approximate surface area is 138 Å². The molecule has 2 rings (SSSR count). The summed E-state index contributed by atoms with van der Waals surface area (Å²) in [4.78, 5) is 12.4. The molecule has 0 fully saturated rings. The van der Waals surface area contributed by atoms with Crippen LogP contribution in [0.25, 0.3) is 0 Å². The number of benzene rings is 1. The molecule has 0 aliphatic heterocycles. The standard InChI is InChI=1S/C14H16ClN5OS/c1-9-11(15)12(19(2)17-9)13(21)18-20(14(16)22)8-10-6-4-3-5-7-10/h3-7H,8H2,1-2H3,(H2,16,22)(H,18,21). The molecule has 0 aliphatic carbocycles. The van der Waals surface area contributed by atoms with Gasteiger partial charge in [0.25, 0.3) is 5.91 Å². The number of aromatic nitrogens is 2. The van der Waals surface area contributed by atoms with Crippen LogP contribution in [-0.2, 0) is 13.6 Å². The summed E-state index contributed by atoms with van der Waals surface area (Å²) < 4.78 is 1.42. The minimum atomic E-state index is -0.420. The van der Waals surface area contributed by atoms with E-state index in [1.54, 1.807) is 14.0 Å². The molecular formula is C14H16ClN5OS. The Hall–Kier alpha value is -2.12. The van der Waals surface area contributed by atoms with Gasteiger partial charge in [-0.25, -0.2) is 0 Å². The zero-order valence-electron chi connectivity index (χ0n) is 12.2. The Kier molecular flexibility index (Phi) is 4.99. The lowest BCUT2D eigenvalue weighted by molar-refractivity contribution is 0.0856. The third-order valence-corrected chi connectivity index (χ3v) is 3.72. The van der Waals surface area contributed by atoms with Crippen LogP contribution in [0.4, 0.5) is 0 Å². The van der Waals surface area contributed by atoms with Crippen LogP contribution in [0.2, 0.25) is 5.02 Å². The van der Waals surface area contributed by atoms with Gasteiger partial charge < -0.3 is 5.73 Å². The highest BCUT2D eigenvalue weighted by Crippen LogP contribution is 2.19. The van der Waals surface area contributed by atoms with Gasteiger partial charge in [-0.2, -0.15) is 5.10 Å². The number of halogens is 1. The van der Waals surface area contributed by atoms with E-state index < -0.39 is 5.91 Å². The number of carbonyl (C=O) groups is 1. The van der Waals surface area contributed by atoms with Crippen LogP contribution in [0.1, 0.15) is 21.7 Å². The van der Waals surface area contributed by atoms with Crippen molar-refractivity contribution >= 4 is 34.8 Å². The first-order valence-electron chi connectivity index (χ1n) is 6.51. The smallest absolute Gasteiger partial charge is 0.289 e. The first-order valence-corrected chi connectivity index (χ1v) is 7.29. The number of aryl methyl sites for hydroxylation is 2. The lowest BCUT2D eigenvalue weighted by Gasteiger charge is -2.23. The summed E-state index contributed by atoms with van der Waals surface area (Å²) in [6, 6.07) is 9.54. The molecule has 0 atom stereocenters. The van der Waals surface area contributed by atoms with Gasteiger partial charge >= 0.3 is 0 Å². The first-order chi connectivity index (χ1) is 10.4. The van der Waals surface area contributed by atoms with Gasteiger partial charge in [0.2, 0.25) is 0 Å². The van der Waals surface area contributed by atoms with E-state index in [9.17, 15) is 4.79 Å². The minimum absolute atomic E-state index is 0.0622. The Morgan fingerprint density at radius 2 is 2.09 bits per heavy atom. The highest BCUT2D eigenvalue weighted by Gasteiger charge is 2.21. The molecule has 1 amide bonds. The molecular weight excluding hydrogens is 322 g/mol. The number of hydrogen-bond acceptors (Lipinski definition) is 3. The molecule has 0 radical (unpaired) electrons. The number of thiocarbonyl (C=S) groups is 1. The zero-order chi connectivity index (χ0) is 16.3. The topological polar surface area (TPSA) is 76.2 Å². The fourth-order valence-electron chi connectivity index (χ4n) is 1.99. The van der Waals surface area contributed by atoms with Gasteiger partial charge in [0, 0.05) is 7.05 Å². The normalized spacial score (nSPS) is 10.3. The van der Waals surface area contributed by atoms with Crippen molar-refractivity contribution in [1.29, 1.82) is 0 Å². The van der Waals surface area contributed by atoms with E-state index in [4.69, 9.17) is 29.6 Å². The van der Waals surface area contributed by atoms with Crippen molar-refractivity contribution in [1.82, 2.24) is 20.2 Å². The van der Waals surface area contributed by atoms with Gasteiger partial charge in [0.1, 0.15) is 5.69 Å². The summed E-state index contributed by atoms with van der Waals surface area (Å²) in [6.45, 7) is 2.09. The Morgan fingerprint density at radius 3 is 2.59 bits per heavy atom. The Morgan fingerprint density at radius 1 is 1.45 bits per heavy atom. The Bertz CT molecular complexity index is 701. The molecule has 0 aliphatic rings. The fourth-order valence-corrected chi connectivity index (χ4v) is 2.35. The van der Waals surface area contributed by atoms with Crippen molar-refractivity contribution in [2.45, 2.75) is 13.5 Å². The van der Waals surface area contributed by atoms with E-state index in [0.717, 1.165) is 5.56 Å². The summed E-state index contributed by atoms with van der Waals surface area (Å²) in [5.41, 5.74) is 10.1. The number of nitrogens with one attached hydrogen (secondary N) is 1. The van der Waals surface area contributed by atoms with Crippen LogP contribution in [0, 0.1) is 6.92 Å². The fraction of sp³-hybridized carbons (Fsp3) is 0.214. The lowest BCUT2D eigenvalue weighted by atomic mass is 10.2. The third-order valence-electron chi connectivity index (χ3n) is 3.05. The summed E-state index contributed by atoms with van der Waals surface area (Å²) in [6.07, 6.45) is 0. The van der Waals surface area contributed by atoms with E-state index in [1.165, 1.54) is 9.69 Å². The molecule has 116 valence electrons. The molecule has 6 nitrogen and oxygen atoms in total. The van der Waals surface area contributed by atoms with Crippen LogP contribution in [0.15, 0.2) is 30.3 Å². The summed E-state index contributed by atoms with van der Waals surface area (Å²) >= 11 is 11.1. The number of amides is 1. The van der Waals surface area contributed by atoms with E-state index in [2.05, 4.69) is 10.5 Å². The molecule has 3 N–H and O–H groups in total. The van der Waals surface area contributed by atoms with Gasteiger partial charge in [-0.15, -0.1) is 0 Å². The third kappa shape index (κ3) is 3.55. The van der Waals surface area contributed by atoms with Gasteiger partial charge in [-0.05, 0) is 24.7 Å². The number of nitrogens with zero attached hydrogens (tertiary/aromatic N) is 3. The highest BCUT2D eigenvalue weighted by molar-refractivity contribution is 7.80. The largest absolute Gasteiger partial charge is 0.375 e. The van der Waals surface area contributed by atoms with Gasteiger partial charge in [-0.3, -0.25) is 19.9 Å². The molecule has 0 saturated heterocycles. The summed E-state index contributed by atoms with van der Waals surface area (Å²) in [5.74, 6) is -0.420. The van der Waals surface area contributed by atoms with E-state index in [0.29, 0.717) is 17.3 Å². The molecule has 22 heavy (non-hydrogen) atoms. The molecule has 1 aromatic heterocycles. The molecule has 2 aromatic rings. The van der Waals surface area contributed by atoms with Crippen LogP contribution < -0.4 is 11.2 Å². The molecule has 0 saturated carbocycles. The average molecular weight is 338 g/mol. The monoisotopic (exact) mass is 337 g/mol. The number of carbonyl (C=O) groups excluding carboxylic acids is 1. The summed E-state index contributed by atoms with van der Waals surface area (Å²) in [5, 5.41) is 5.87. The van der Waals surface area contributed by atoms with Gasteiger partial charge in [0.05, 0.1) is 17.3 Å². The number of rotatable bonds is 3. The number of hydrogen-bond donors (Lipinski definition) is 2. The molecule has 0 bridgehead atoms. The zero-order valence-corrected chi connectivity index (χ0v) is 13.8. The molecule has 1 heterocycles. The van der Waals surface area contributed by atoms with Crippen molar-refractivity contribution in [2.75, 3.05) is 0 Å². The van der Waals surface area contributed by atoms with Crippen LogP contribution >= 0.6 is 23.8 Å². The van der Waals surface area contributed by atoms with Crippen LogP contribution in [-0.4, -0.2) is 25.8 Å². The van der Waals surface area contributed by atoms with E-state index in [-0.39, 0.29) is 10.8 Å². The molecule has 8 heteroatoms. The SMILES string of the molecule is Cc1nn(C)c(C(=O)NN(Cc2ccccc2)C(N)=S)c1Cl. The van der Waals surface area contributed by atoms with Crippen molar-refractivity contribution in [2.24, 2.45) is 12.8 Å². The molecule has 0 spiro atoms. The second kappa shape index (κ2) is 6.76. The second-order valence-corrected chi connectivity index (χ2v) is 5.52. The quantitative estimate of drug-likeness (QED) is 0.659. The van der Waals surface area contributed by atoms with Crippen molar-refractivity contribution in [3.8, 4) is 0 Å². The van der Waals surface area contributed by atoms with E-state index >= 15 is 0 Å². The maximum Gasteiger partial charge on any atom is 0.289 e. The molecule has 0 unspecified atom stereocenters. The van der Waals surface area contributed by atoms with Gasteiger partial charge in [0.15, 0.2) is 5.11 Å².